The van der Waals surface area contributed by atoms with Crippen LogP contribution < -0.4 is 5.32 Å². The van der Waals surface area contributed by atoms with Crippen LogP contribution in [-0.4, -0.2) is 35.4 Å². The van der Waals surface area contributed by atoms with Crippen LogP contribution in [0.1, 0.15) is 53.7 Å². The summed E-state index contributed by atoms with van der Waals surface area (Å²) in [5, 5.41) is 4.09. The quantitative estimate of drug-likeness (QED) is 0.652. The number of aryl methyl sites for hydroxylation is 1. The number of carbonyl (C=O) groups is 1. The van der Waals surface area contributed by atoms with Gasteiger partial charge in [0.2, 0.25) is 0 Å². The first-order valence-electron chi connectivity index (χ1n) is 11.2. The highest BCUT2D eigenvalue weighted by Crippen LogP contribution is 2.36. The van der Waals surface area contributed by atoms with E-state index < -0.39 is 0 Å². The Bertz CT molecular complexity index is 1050. The van der Waals surface area contributed by atoms with Gasteiger partial charge in [0, 0.05) is 29.2 Å². The summed E-state index contributed by atoms with van der Waals surface area (Å²) < 4.78 is 0. The van der Waals surface area contributed by atoms with Crippen molar-refractivity contribution in [2.45, 2.75) is 38.5 Å². The molecule has 30 heavy (non-hydrogen) atoms. The van der Waals surface area contributed by atoms with Crippen molar-refractivity contribution in [3.63, 3.8) is 0 Å². The van der Waals surface area contributed by atoms with E-state index in [-0.39, 0.29) is 5.91 Å². The Balaban J connectivity index is 1.53. The molecule has 0 radical (unpaired) electrons. The second-order valence-corrected chi connectivity index (χ2v) is 8.75. The van der Waals surface area contributed by atoms with Crippen molar-refractivity contribution in [3.8, 4) is 0 Å². The SMILES string of the molecule is CCc1ccccc1NC(=O)c1cc([C@H]2CC3CCN(CC3)C2)nc2ccccc12. The standard InChI is InChI=1S/C26H29N3O/c1-2-19-7-3-5-9-23(19)28-26(30)22-16-25(27-24-10-6-4-8-21(22)24)20-15-18-11-13-29(17-20)14-12-18/h3-10,16,18,20H,2,11-15,17H2,1H3,(H,28,30)/t20-/m0/s1. The third-order valence-electron chi connectivity index (χ3n) is 6.85. The molecule has 0 unspecified atom stereocenters. The zero-order chi connectivity index (χ0) is 20.5. The van der Waals surface area contributed by atoms with Crippen LogP contribution in [0.3, 0.4) is 0 Å². The number of fused-ring (bicyclic) bond motifs is 5. The van der Waals surface area contributed by atoms with E-state index in [1.165, 1.54) is 32.4 Å². The van der Waals surface area contributed by atoms with Crippen molar-refractivity contribution < 1.29 is 4.79 Å². The molecule has 3 fully saturated rings. The number of piperidine rings is 1. The van der Waals surface area contributed by atoms with Crippen molar-refractivity contribution in [1.82, 2.24) is 9.88 Å². The van der Waals surface area contributed by atoms with Gasteiger partial charge in [-0.25, -0.2) is 0 Å². The van der Waals surface area contributed by atoms with Gasteiger partial charge in [0.1, 0.15) is 0 Å². The summed E-state index contributed by atoms with van der Waals surface area (Å²) in [6, 6.07) is 18.1. The van der Waals surface area contributed by atoms with Crippen molar-refractivity contribution in [1.29, 1.82) is 0 Å². The molecular formula is C26H29N3O. The van der Waals surface area contributed by atoms with Crippen molar-refractivity contribution >= 4 is 22.5 Å². The number of anilines is 1. The molecule has 2 bridgehead atoms. The van der Waals surface area contributed by atoms with Crippen molar-refractivity contribution in [3.05, 3.63) is 71.4 Å². The first-order valence-corrected chi connectivity index (χ1v) is 11.2. The third-order valence-corrected chi connectivity index (χ3v) is 6.85. The van der Waals surface area contributed by atoms with Crippen LogP contribution in [0.4, 0.5) is 5.69 Å². The van der Waals surface area contributed by atoms with E-state index in [2.05, 4.69) is 29.3 Å². The molecule has 0 spiro atoms. The fraction of sp³-hybridized carbons (Fsp3) is 0.385. The van der Waals surface area contributed by atoms with Crippen LogP contribution in [0.25, 0.3) is 10.9 Å². The Morgan fingerprint density at radius 1 is 1.10 bits per heavy atom. The van der Waals surface area contributed by atoms with Gasteiger partial charge >= 0.3 is 0 Å². The molecule has 154 valence electrons. The van der Waals surface area contributed by atoms with Gasteiger partial charge in [-0.15, -0.1) is 0 Å². The summed E-state index contributed by atoms with van der Waals surface area (Å²) in [6.45, 7) is 5.58. The van der Waals surface area contributed by atoms with Crippen molar-refractivity contribution in [2.75, 3.05) is 25.0 Å². The lowest BCUT2D eigenvalue weighted by Gasteiger charge is -2.26. The van der Waals surface area contributed by atoms with Crippen LogP contribution >= 0.6 is 0 Å². The minimum Gasteiger partial charge on any atom is -0.322 e. The molecule has 0 saturated carbocycles. The highest BCUT2D eigenvalue weighted by molar-refractivity contribution is 6.12. The number of benzene rings is 2. The molecule has 3 aliphatic heterocycles. The number of carbonyl (C=O) groups excluding carboxylic acids is 1. The number of pyridine rings is 1. The molecule has 6 rings (SSSR count). The predicted molar refractivity (Wildman–Crippen MR) is 122 cm³/mol. The van der Waals surface area contributed by atoms with E-state index >= 15 is 0 Å². The summed E-state index contributed by atoms with van der Waals surface area (Å²) in [5.74, 6) is 1.14. The van der Waals surface area contributed by atoms with Gasteiger partial charge < -0.3 is 10.2 Å². The molecular weight excluding hydrogens is 370 g/mol. The average Bonchev–Trinajstić information content (AvgIpc) is 3.13. The van der Waals surface area contributed by atoms with Crippen LogP contribution in [0.15, 0.2) is 54.6 Å². The van der Waals surface area contributed by atoms with Crippen LogP contribution in [0.2, 0.25) is 0 Å². The van der Waals surface area contributed by atoms with E-state index in [9.17, 15) is 4.79 Å². The van der Waals surface area contributed by atoms with Crippen molar-refractivity contribution in [2.24, 2.45) is 5.92 Å². The molecule has 1 N–H and O–H groups in total. The Kier molecular flexibility index (Phi) is 5.26. The second-order valence-electron chi connectivity index (χ2n) is 8.75. The topological polar surface area (TPSA) is 45.2 Å². The number of para-hydroxylation sites is 2. The zero-order valence-electron chi connectivity index (χ0n) is 17.6. The van der Waals surface area contributed by atoms with E-state index in [1.54, 1.807) is 0 Å². The third kappa shape index (κ3) is 3.72. The van der Waals surface area contributed by atoms with E-state index in [0.29, 0.717) is 5.92 Å². The van der Waals surface area contributed by atoms with Gasteiger partial charge in [-0.2, -0.15) is 0 Å². The second kappa shape index (κ2) is 8.19. The molecule has 0 aliphatic carbocycles. The highest BCUT2D eigenvalue weighted by atomic mass is 16.1. The number of nitrogens with one attached hydrogen (secondary N) is 1. The van der Waals surface area contributed by atoms with Crippen LogP contribution in [-0.2, 0) is 6.42 Å². The zero-order valence-corrected chi connectivity index (χ0v) is 17.6. The number of hydrogen-bond donors (Lipinski definition) is 1. The molecule has 2 aromatic carbocycles. The number of amides is 1. The Hall–Kier alpha value is -2.72. The number of hydrogen-bond acceptors (Lipinski definition) is 3. The van der Waals surface area contributed by atoms with Gasteiger partial charge in [0.15, 0.2) is 0 Å². The smallest absolute Gasteiger partial charge is 0.256 e. The maximum Gasteiger partial charge on any atom is 0.256 e. The van der Waals surface area contributed by atoms with E-state index in [1.807, 2.05) is 42.5 Å². The normalized spacial score (nSPS) is 23.3. The molecule has 3 aliphatic rings. The van der Waals surface area contributed by atoms with Crippen LogP contribution in [0.5, 0.6) is 0 Å². The Morgan fingerprint density at radius 3 is 2.70 bits per heavy atom. The van der Waals surface area contributed by atoms with E-state index in [0.717, 1.165) is 52.3 Å². The molecule has 1 amide bonds. The fourth-order valence-corrected chi connectivity index (χ4v) is 5.14. The number of rotatable bonds is 4. The average molecular weight is 400 g/mol. The Morgan fingerprint density at radius 2 is 1.87 bits per heavy atom. The minimum absolute atomic E-state index is 0.0485. The lowest BCUT2D eigenvalue weighted by Crippen LogP contribution is -2.31. The summed E-state index contributed by atoms with van der Waals surface area (Å²) >= 11 is 0. The molecule has 1 aromatic heterocycles. The summed E-state index contributed by atoms with van der Waals surface area (Å²) in [6.07, 6.45) is 4.66. The maximum absolute atomic E-state index is 13.4. The first-order chi connectivity index (χ1) is 14.7. The minimum atomic E-state index is -0.0485. The Labute approximate surface area is 178 Å². The van der Waals surface area contributed by atoms with Gasteiger partial charge in [-0.05, 0) is 68.5 Å². The molecule has 3 saturated heterocycles. The summed E-state index contributed by atoms with van der Waals surface area (Å²) in [4.78, 5) is 21.0. The largest absolute Gasteiger partial charge is 0.322 e. The molecule has 4 nitrogen and oxygen atoms in total. The number of aromatic nitrogens is 1. The molecule has 4 heterocycles. The highest BCUT2D eigenvalue weighted by Gasteiger charge is 2.31. The van der Waals surface area contributed by atoms with E-state index in [4.69, 9.17) is 4.98 Å². The lowest BCUT2D eigenvalue weighted by molar-refractivity contribution is 0.102. The first kappa shape index (κ1) is 19.3. The van der Waals surface area contributed by atoms with Crippen LogP contribution in [0, 0.1) is 5.92 Å². The van der Waals surface area contributed by atoms with Gasteiger partial charge in [0.25, 0.3) is 5.91 Å². The fourth-order valence-electron chi connectivity index (χ4n) is 5.14. The van der Waals surface area contributed by atoms with Gasteiger partial charge in [-0.1, -0.05) is 43.3 Å². The summed E-state index contributed by atoms with van der Waals surface area (Å²) in [7, 11) is 0. The lowest BCUT2D eigenvalue weighted by atomic mass is 9.88. The summed E-state index contributed by atoms with van der Waals surface area (Å²) in [5.41, 5.74) is 4.76. The molecule has 1 atom stereocenters. The predicted octanol–water partition coefficient (Wildman–Crippen LogP) is 5.25. The molecule has 4 heteroatoms. The number of nitrogens with zero attached hydrogens (tertiary/aromatic N) is 2. The van der Waals surface area contributed by atoms with Gasteiger partial charge in [0.05, 0.1) is 11.1 Å². The molecule has 3 aromatic rings. The van der Waals surface area contributed by atoms with Gasteiger partial charge in [-0.3, -0.25) is 9.78 Å². The monoisotopic (exact) mass is 399 g/mol. The maximum atomic E-state index is 13.4.